The van der Waals surface area contributed by atoms with E-state index in [0.717, 1.165) is 11.1 Å². The summed E-state index contributed by atoms with van der Waals surface area (Å²) in [7, 11) is 1.41. The highest BCUT2D eigenvalue weighted by Crippen LogP contribution is 2.20. The lowest BCUT2D eigenvalue weighted by atomic mass is 10.0. The Morgan fingerprint density at radius 2 is 1.91 bits per heavy atom. The molecule has 0 radical (unpaired) electrons. The van der Waals surface area contributed by atoms with E-state index in [-0.39, 0.29) is 11.5 Å². The molecule has 0 aliphatic rings. The maximum Gasteiger partial charge on any atom is 0.187 e. The molecule has 0 aromatic heterocycles. The lowest BCUT2D eigenvalue weighted by molar-refractivity contribution is 0.104. The van der Waals surface area contributed by atoms with Gasteiger partial charge in [-0.3, -0.25) is 4.79 Å². The number of aryl methyl sites for hydroxylation is 2. The third-order valence-corrected chi connectivity index (χ3v) is 3.43. The van der Waals surface area contributed by atoms with Crippen LogP contribution in [0.2, 0.25) is 0 Å². The molecule has 0 fully saturated rings. The van der Waals surface area contributed by atoms with Crippen LogP contribution in [-0.2, 0) is 0 Å². The lowest BCUT2D eigenvalue weighted by Crippen LogP contribution is -1.98. The van der Waals surface area contributed by atoms with E-state index in [2.05, 4.69) is 5.32 Å². The van der Waals surface area contributed by atoms with E-state index in [1.165, 1.54) is 31.5 Å². The van der Waals surface area contributed by atoms with Crippen LogP contribution in [0.1, 0.15) is 21.5 Å². The molecular formula is C18H18FNO2. The molecule has 0 bridgehead atoms. The molecule has 4 heteroatoms. The van der Waals surface area contributed by atoms with Gasteiger partial charge in [-0.2, -0.15) is 0 Å². The topological polar surface area (TPSA) is 38.3 Å². The normalized spacial score (nSPS) is 10.7. The predicted octanol–water partition coefficient (Wildman–Crippen LogP) is 4.26. The number of anilines is 1. The average molecular weight is 299 g/mol. The van der Waals surface area contributed by atoms with Crippen molar-refractivity contribution in [3.8, 4) is 5.75 Å². The fourth-order valence-corrected chi connectivity index (χ4v) is 1.96. The first-order valence-corrected chi connectivity index (χ1v) is 6.89. The summed E-state index contributed by atoms with van der Waals surface area (Å²) < 4.78 is 18.4. The molecule has 0 atom stereocenters. The molecule has 0 aliphatic carbocycles. The summed E-state index contributed by atoms with van der Waals surface area (Å²) in [6.45, 7) is 3.97. The quantitative estimate of drug-likeness (QED) is 0.662. The number of methoxy groups -OCH3 is 1. The minimum atomic E-state index is -0.457. The van der Waals surface area contributed by atoms with Crippen molar-refractivity contribution < 1.29 is 13.9 Å². The molecule has 0 saturated carbocycles. The Labute approximate surface area is 129 Å². The molecule has 1 N–H and O–H groups in total. The summed E-state index contributed by atoms with van der Waals surface area (Å²) >= 11 is 0. The minimum Gasteiger partial charge on any atom is -0.494 e. The summed E-state index contributed by atoms with van der Waals surface area (Å²) in [6, 6.07) is 10.1. The van der Waals surface area contributed by atoms with Gasteiger partial charge >= 0.3 is 0 Å². The fraction of sp³-hybridized carbons (Fsp3) is 0.167. The van der Waals surface area contributed by atoms with Gasteiger partial charge in [-0.05, 0) is 43.2 Å². The van der Waals surface area contributed by atoms with Gasteiger partial charge in [-0.1, -0.05) is 12.1 Å². The van der Waals surface area contributed by atoms with Crippen LogP contribution in [0.4, 0.5) is 10.1 Å². The largest absolute Gasteiger partial charge is 0.494 e. The molecule has 22 heavy (non-hydrogen) atoms. The molecule has 3 nitrogen and oxygen atoms in total. The molecule has 114 valence electrons. The Kier molecular flexibility index (Phi) is 4.94. The Hall–Kier alpha value is -2.62. The monoisotopic (exact) mass is 299 g/mol. The van der Waals surface area contributed by atoms with Gasteiger partial charge in [0.25, 0.3) is 0 Å². The number of hydrogen-bond acceptors (Lipinski definition) is 3. The maximum atomic E-state index is 13.5. The van der Waals surface area contributed by atoms with Crippen molar-refractivity contribution in [3.05, 3.63) is 71.2 Å². The first kappa shape index (κ1) is 15.8. The molecular weight excluding hydrogens is 281 g/mol. The standard InChI is InChI=1S/C18H18FNO2/c1-12-4-5-14(10-13(12)2)17(21)8-9-20-15-6-7-18(22-3)16(19)11-15/h4-11,20H,1-3H3/b9-8+. The zero-order valence-electron chi connectivity index (χ0n) is 12.8. The SMILES string of the molecule is COc1ccc(N/C=C/C(=O)c2ccc(C)c(C)c2)cc1F. The number of carbonyl (C=O) groups excluding carboxylic acids is 1. The smallest absolute Gasteiger partial charge is 0.187 e. The van der Waals surface area contributed by atoms with Gasteiger partial charge in [-0.15, -0.1) is 0 Å². The van der Waals surface area contributed by atoms with Crippen LogP contribution in [0, 0.1) is 19.7 Å². The van der Waals surface area contributed by atoms with E-state index in [9.17, 15) is 9.18 Å². The maximum absolute atomic E-state index is 13.5. The third-order valence-electron chi connectivity index (χ3n) is 3.43. The Balaban J connectivity index is 2.04. The van der Waals surface area contributed by atoms with Crippen molar-refractivity contribution in [2.24, 2.45) is 0 Å². The van der Waals surface area contributed by atoms with E-state index < -0.39 is 5.82 Å². The zero-order chi connectivity index (χ0) is 16.1. The van der Waals surface area contributed by atoms with Crippen LogP contribution in [0.15, 0.2) is 48.7 Å². The molecule has 0 aliphatic heterocycles. The van der Waals surface area contributed by atoms with Crippen molar-refractivity contribution in [1.29, 1.82) is 0 Å². The molecule has 0 heterocycles. The lowest BCUT2D eigenvalue weighted by Gasteiger charge is -2.05. The van der Waals surface area contributed by atoms with Gasteiger partial charge in [-0.25, -0.2) is 4.39 Å². The number of halogens is 1. The van der Waals surface area contributed by atoms with Crippen molar-refractivity contribution in [3.63, 3.8) is 0 Å². The van der Waals surface area contributed by atoms with Crippen LogP contribution in [0.3, 0.4) is 0 Å². The molecule has 2 aromatic carbocycles. The summed E-state index contributed by atoms with van der Waals surface area (Å²) in [6.07, 6.45) is 2.92. The molecule has 2 aromatic rings. The highest BCUT2D eigenvalue weighted by atomic mass is 19.1. The zero-order valence-corrected chi connectivity index (χ0v) is 12.8. The second-order valence-corrected chi connectivity index (χ2v) is 4.99. The molecule has 0 spiro atoms. The van der Waals surface area contributed by atoms with Gasteiger partial charge in [0.1, 0.15) is 0 Å². The van der Waals surface area contributed by atoms with Crippen LogP contribution >= 0.6 is 0 Å². The van der Waals surface area contributed by atoms with Crippen LogP contribution in [0.5, 0.6) is 5.75 Å². The van der Waals surface area contributed by atoms with Crippen molar-refractivity contribution in [2.45, 2.75) is 13.8 Å². The number of benzene rings is 2. The number of allylic oxidation sites excluding steroid dienone is 1. The van der Waals surface area contributed by atoms with Crippen molar-refractivity contribution >= 4 is 11.5 Å². The number of rotatable bonds is 5. The highest BCUT2D eigenvalue weighted by molar-refractivity contribution is 6.04. The third kappa shape index (κ3) is 3.73. The first-order valence-electron chi connectivity index (χ1n) is 6.89. The molecule has 0 amide bonds. The second kappa shape index (κ2) is 6.89. The molecule has 0 saturated heterocycles. The highest BCUT2D eigenvalue weighted by Gasteiger charge is 2.04. The minimum absolute atomic E-state index is 0.107. The fourth-order valence-electron chi connectivity index (χ4n) is 1.96. The first-order chi connectivity index (χ1) is 10.5. The number of ether oxygens (including phenoxy) is 1. The van der Waals surface area contributed by atoms with E-state index >= 15 is 0 Å². The van der Waals surface area contributed by atoms with Gasteiger partial charge in [0.15, 0.2) is 17.3 Å². The Morgan fingerprint density at radius 1 is 1.14 bits per heavy atom. The van der Waals surface area contributed by atoms with Gasteiger partial charge < -0.3 is 10.1 Å². The van der Waals surface area contributed by atoms with Gasteiger partial charge in [0.2, 0.25) is 0 Å². The van der Waals surface area contributed by atoms with Gasteiger partial charge in [0, 0.05) is 29.6 Å². The van der Waals surface area contributed by atoms with E-state index in [4.69, 9.17) is 4.74 Å². The number of carbonyl (C=O) groups is 1. The Morgan fingerprint density at radius 3 is 2.55 bits per heavy atom. The molecule has 0 unspecified atom stereocenters. The Bertz CT molecular complexity index is 723. The second-order valence-electron chi connectivity index (χ2n) is 4.99. The number of ketones is 1. The summed E-state index contributed by atoms with van der Waals surface area (Å²) in [5.41, 5.74) is 3.39. The number of hydrogen-bond donors (Lipinski definition) is 1. The van der Waals surface area contributed by atoms with Crippen LogP contribution in [0.25, 0.3) is 0 Å². The van der Waals surface area contributed by atoms with Gasteiger partial charge in [0.05, 0.1) is 7.11 Å². The predicted molar refractivity (Wildman–Crippen MR) is 86.0 cm³/mol. The van der Waals surface area contributed by atoms with Crippen molar-refractivity contribution in [1.82, 2.24) is 0 Å². The van der Waals surface area contributed by atoms with E-state index in [1.807, 2.05) is 26.0 Å². The summed E-state index contributed by atoms with van der Waals surface area (Å²) in [4.78, 5) is 12.0. The van der Waals surface area contributed by atoms with Crippen LogP contribution in [-0.4, -0.2) is 12.9 Å². The van der Waals surface area contributed by atoms with Crippen molar-refractivity contribution in [2.75, 3.05) is 12.4 Å². The van der Waals surface area contributed by atoms with E-state index in [1.54, 1.807) is 12.1 Å². The average Bonchev–Trinajstić information content (AvgIpc) is 2.50. The van der Waals surface area contributed by atoms with E-state index in [0.29, 0.717) is 11.3 Å². The number of nitrogens with one attached hydrogen (secondary N) is 1. The molecule has 2 rings (SSSR count). The summed E-state index contributed by atoms with van der Waals surface area (Å²) in [5, 5.41) is 2.87. The summed E-state index contributed by atoms with van der Waals surface area (Å²) in [5.74, 6) is -0.383. The van der Waals surface area contributed by atoms with Crippen LogP contribution < -0.4 is 10.1 Å².